The van der Waals surface area contributed by atoms with Crippen LogP contribution >= 0.6 is 0 Å². The maximum absolute atomic E-state index is 13.9. The van der Waals surface area contributed by atoms with Crippen LogP contribution in [0.25, 0.3) is 11.5 Å². The molecular weight excluding hydrogens is 422 g/mol. The van der Waals surface area contributed by atoms with Gasteiger partial charge in [-0.1, -0.05) is 29.8 Å². The lowest BCUT2D eigenvalue weighted by Gasteiger charge is -2.41. The Morgan fingerprint density at radius 3 is 2.29 bits per heavy atom. The quantitative estimate of drug-likeness (QED) is 0.440. The molecule has 174 valence electrons. The second kappa shape index (κ2) is 8.86. The zero-order valence-corrected chi connectivity index (χ0v) is 20.3. The van der Waals surface area contributed by atoms with Gasteiger partial charge in [-0.15, -0.1) is 0 Å². The molecule has 2 aromatic heterocycles. The Morgan fingerprint density at radius 1 is 0.882 bits per heavy atom. The van der Waals surface area contributed by atoms with Crippen molar-refractivity contribution in [1.82, 2.24) is 19.2 Å². The van der Waals surface area contributed by atoms with E-state index in [1.807, 2.05) is 57.7 Å². The number of amides is 1. The standard InChI is InChI=1S/C28H31N5O/c1-20-10-12-24(13-11-20)33-27(30-14-5-6-15-30)26(23(4)29-33)28(34)31-16-17-32(22(3)19-31)25-9-7-8-21(2)18-25/h5-15,18,22H,16-17,19H2,1-4H3/t22-/m1/s1. The van der Waals surface area contributed by atoms with Crippen molar-refractivity contribution in [2.24, 2.45) is 0 Å². The summed E-state index contributed by atoms with van der Waals surface area (Å²) in [6, 6.07) is 21.0. The van der Waals surface area contributed by atoms with Gasteiger partial charge in [0.05, 0.1) is 11.4 Å². The Morgan fingerprint density at radius 2 is 1.62 bits per heavy atom. The minimum absolute atomic E-state index is 0.0373. The fourth-order valence-electron chi connectivity index (χ4n) is 4.84. The average Bonchev–Trinajstić information content (AvgIpc) is 3.47. The summed E-state index contributed by atoms with van der Waals surface area (Å²) in [5, 5.41) is 4.81. The molecule has 4 aromatic rings. The third kappa shape index (κ3) is 4.00. The molecule has 1 atom stereocenters. The van der Waals surface area contributed by atoms with Crippen molar-refractivity contribution in [2.75, 3.05) is 24.5 Å². The topological polar surface area (TPSA) is 46.3 Å². The Kier molecular flexibility index (Phi) is 5.74. The molecule has 0 saturated carbocycles. The molecule has 0 N–H and O–H groups in total. The number of hydrogen-bond donors (Lipinski definition) is 0. The van der Waals surface area contributed by atoms with Crippen molar-refractivity contribution >= 4 is 11.6 Å². The lowest BCUT2D eigenvalue weighted by atomic mass is 10.1. The number of benzene rings is 2. The zero-order valence-electron chi connectivity index (χ0n) is 20.3. The first-order valence-electron chi connectivity index (χ1n) is 11.8. The van der Waals surface area contributed by atoms with Crippen molar-refractivity contribution in [3.05, 3.63) is 95.4 Å². The van der Waals surface area contributed by atoms with Crippen LogP contribution in [-0.2, 0) is 0 Å². The van der Waals surface area contributed by atoms with E-state index >= 15 is 0 Å². The van der Waals surface area contributed by atoms with Crippen molar-refractivity contribution in [3.63, 3.8) is 0 Å². The molecule has 0 unspecified atom stereocenters. The van der Waals surface area contributed by atoms with Crippen molar-refractivity contribution < 1.29 is 4.79 Å². The fourth-order valence-corrected chi connectivity index (χ4v) is 4.84. The number of carbonyl (C=O) groups excluding carboxylic acids is 1. The first-order valence-corrected chi connectivity index (χ1v) is 11.8. The molecule has 3 heterocycles. The van der Waals surface area contributed by atoms with E-state index in [-0.39, 0.29) is 11.9 Å². The van der Waals surface area contributed by atoms with Gasteiger partial charge >= 0.3 is 0 Å². The first-order chi connectivity index (χ1) is 16.4. The molecule has 1 amide bonds. The number of piperazine rings is 1. The van der Waals surface area contributed by atoms with Crippen molar-refractivity contribution in [2.45, 2.75) is 33.7 Å². The molecule has 0 bridgehead atoms. The number of nitrogens with zero attached hydrogens (tertiary/aromatic N) is 5. The predicted octanol–water partition coefficient (Wildman–Crippen LogP) is 4.94. The fraction of sp³-hybridized carbons (Fsp3) is 0.286. The highest BCUT2D eigenvalue weighted by molar-refractivity contribution is 5.99. The maximum Gasteiger partial charge on any atom is 0.259 e. The summed E-state index contributed by atoms with van der Waals surface area (Å²) < 4.78 is 3.87. The first kappa shape index (κ1) is 22.0. The Hall–Kier alpha value is -3.80. The van der Waals surface area contributed by atoms with Gasteiger partial charge < -0.3 is 14.4 Å². The minimum Gasteiger partial charge on any atom is -0.365 e. The highest BCUT2D eigenvalue weighted by Crippen LogP contribution is 2.27. The van der Waals surface area contributed by atoms with E-state index < -0.39 is 0 Å². The molecular formula is C28H31N5O. The van der Waals surface area contributed by atoms with Gasteiger partial charge in [-0.3, -0.25) is 4.79 Å². The van der Waals surface area contributed by atoms with Gasteiger partial charge in [0.25, 0.3) is 5.91 Å². The van der Waals surface area contributed by atoms with Crippen LogP contribution in [0.3, 0.4) is 0 Å². The lowest BCUT2D eigenvalue weighted by molar-refractivity contribution is 0.0725. The summed E-state index contributed by atoms with van der Waals surface area (Å²) in [5.74, 6) is 0.820. The van der Waals surface area contributed by atoms with Crippen LogP contribution in [0.15, 0.2) is 73.1 Å². The van der Waals surface area contributed by atoms with E-state index in [4.69, 9.17) is 5.10 Å². The molecule has 1 aliphatic rings. The van der Waals surface area contributed by atoms with Crippen LogP contribution in [-0.4, -0.2) is 50.8 Å². The number of carbonyl (C=O) groups is 1. The number of rotatable bonds is 4. The van der Waals surface area contributed by atoms with E-state index in [1.165, 1.54) is 16.8 Å². The molecule has 5 rings (SSSR count). The van der Waals surface area contributed by atoms with Crippen molar-refractivity contribution in [3.8, 4) is 11.5 Å². The molecule has 0 aliphatic carbocycles. The maximum atomic E-state index is 13.9. The highest BCUT2D eigenvalue weighted by Gasteiger charge is 2.32. The largest absolute Gasteiger partial charge is 0.365 e. The molecule has 6 nitrogen and oxygen atoms in total. The van der Waals surface area contributed by atoms with Gasteiger partial charge in [-0.25, -0.2) is 4.68 Å². The smallest absolute Gasteiger partial charge is 0.259 e. The van der Waals surface area contributed by atoms with Crippen LogP contribution in [0.4, 0.5) is 5.69 Å². The van der Waals surface area contributed by atoms with Crippen LogP contribution in [0, 0.1) is 20.8 Å². The average molecular weight is 454 g/mol. The molecule has 0 spiro atoms. The molecule has 34 heavy (non-hydrogen) atoms. The Balaban J connectivity index is 1.48. The van der Waals surface area contributed by atoms with Gasteiger partial charge in [-0.2, -0.15) is 5.10 Å². The monoisotopic (exact) mass is 453 g/mol. The van der Waals surface area contributed by atoms with E-state index in [2.05, 4.69) is 62.1 Å². The van der Waals surface area contributed by atoms with Gasteiger partial charge in [0.1, 0.15) is 5.56 Å². The lowest BCUT2D eigenvalue weighted by Crippen LogP contribution is -2.54. The summed E-state index contributed by atoms with van der Waals surface area (Å²) in [6.07, 6.45) is 3.94. The van der Waals surface area contributed by atoms with Crippen LogP contribution in [0.5, 0.6) is 0 Å². The second-order valence-electron chi connectivity index (χ2n) is 9.25. The Bertz CT molecular complexity index is 1300. The van der Waals surface area contributed by atoms with Gasteiger partial charge in [-0.05, 0) is 69.7 Å². The molecule has 1 saturated heterocycles. The van der Waals surface area contributed by atoms with Gasteiger partial charge in [0, 0.05) is 43.8 Å². The van der Waals surface area contributed by atoms with E-state index in [9.17, 15) is 4.79 Å². The molecule has 0 radical (unpaired) electrons. The minimum atomic E-state index is 0.0373. The van der Waals surface area contributed by atoms with Crippen LogP contribution < -0.4 is 4.90 Å². The van der Waals surface area contributed by atoms with Crippen LogP contribution in [0.2, 0.25) is 0 Å². The van der Waals surface area contributed by atoms with E-state index in [0.717, 1.165) is 23.7 Å². The van der Waals surface area contributed by atoms with Crippen molar-refractivity contribution in [1.29, 1.82) is 0 Å². The zero-order chi connectivity index (χ0) is 23.8. The summed E-state index contributed by atoms with van der Waals surface area (Å²) in [5.41, 5.74) is 5.99. The summed E-state index contributed by atoms with van der Waals surface area (Å²) in [4.78, 5) is 18.3. The molecule has 2 aromatic carbocycles. The molecule has 1 fully saturated rings. The normalized spacial score (nSPS) is 16.2. The number of anilines is 1. The molecule has 1 aliphatic heterocycles. The van der Waals surface area contributed by atoms with Crippen LogP contribution in [0.1, 0.15) is 34.1 Å². The summed E-state index contributed by atoms with van der Waals surface area (Å²) >= 11 is 0. The second-order valence-corrected chi connectivity index (χ2v) is 9.25. The predicted molar refractivity (Wildman–Crippen MR) is 136 cm³/mol. The number of aryl methyl sites for hydroxylation is 3. The number of aromatic nitrogens is 3. The third-order valence-electron chi connectivity index (χ3n) is 6.63. The summed E-state index contributed by atoms with van der Waals surface area (Å²) in [6.45, 7) is 10.5. The highest BCUT2D eigenvalue weighted by atomic mass is 16.2. The van der Waals surface area contributed by atoms with Gasteiger partial charge in [0.15, 0.2) is 5.82 Å². The van der Waals surface area contributed by atoms with E-state index in [0.29, 0.717) is 18.7 Å². The van der Waals surface area contributed by atoms with E-state index in [1.54, 1.807) is 0 Å². The SMILES string of the molecule is Cc1ccc(-n2nc(C)c(C(=O)N3CCN(c4cccc(C)c4)[C@H](C)C3)c2-n2cccc2)cc1. The number of hydrogen-bond acceptors (Lipinski definition) is 3. The third-order valence-corrected chi connectivity index (χ3v) is 6.63. The Labute approximate surface area is 201 Å². The summed E-state index contributed by atoms with van der Waals surface area (Å²) in [7, 11) is 0. The van der Waals surface area contributed by atoms with Gasteiger partial charge in [0.2, 0.25) is 0 Å². The molecule has 6 heteroatoms.